The lowest BCUT2D eigenvalue weighted by atomic mass is 9.82. The van der Waals surface area contributed by atoms with Crippen LogP contribution in [0.15, 0.2) is 36.4 Å². The van der Waals surface area contributed by atoms with E-state index in [1.165, 1.54) is 25.1 Å². The fraction of sp³-hybridized carbons (Fsp3) is 0.261. The molecule has 0 heterocycles. The Bertz CT molecular complexity index is 1260. The van der Waals surface area contributed by atoms with Crippen molar-refractivity contribution in [3.63, 3.8) is 0 Å². The Morgan fingerprint density at radius 2 is 1.56 bits per heavy atom. The monoisotopic (exact) mass is 467 g/mol. The summed E-state index contributed by atoms with van der Waals surface area (Å²) < 4.78 is 5.01. The number of urea groups is 1. The van der Waals surface area contributed by atoms with Gasteiger partial charge >= 0.3 is 12.0 Å². The van der Waals surface area contributed by atoms with Crippen molar-refractivity contribution < 1.29 is 33.6 Å². The van der Waals surface area contributed by atoms with E-state index in [0.29, 0.717) is 0 Å². The van der Waals surface area contributed by atoms with Crippen LogP contribution >= 0.6 is 0 Å². The first-order chi connectivity index (χ1) is 15.8. The lowest BCUT2D eigenvalue weighted by Gasteiger charge is -2.21. The summed E-state index contributed by atoms with van der Waals surface area (Å²) in [5, 5.41) is 16.4. The van der Waals surface area contributed by atoms with E-state index in [2.05, 4.69) is 5.32 Å². The summed E-state index contributed by atoms with van der Waals surface area (Å²) in [7, 11) is 0. The van der Waals surface area contributed by atoms with Gasteiger partial charge in [-0.1, -0.05) is 24.3 Å². The number of fused-ring (bicyclic) bond motifs is 2. The van der Waals surface area contributed by atoms with Crippen LogP contribution < -0.4 is 10.6 Å². The minimum atomic E-state index is -1.49. The number of carbonyl (C=O) groups excluding carboxylic acids is 5. The van der Waals surface area contributed by atoms with Crippen molar-refractivity contribution in [2.75, 3.05) is 0 Å². The van der Waals surface area contributed by atoms with Crippen LogP contribution in [0.4, 0.5) is 10.5 Å². The van der Waals surface area contributed by atoms with Gasteiger partial charge in [0.1, 0.15) is 11.1 Å². The molecule has 2 aromatic rings. The molecule has 11 nitrogen and oxygen atoms in total. The van der Waals surface area contributed by atoms with Crippen molar-refractivity contribution in [1.29, 1.82) is 0 Å². The number of hydrogen-bond donors (Lipinski definition) is 2. The molecule has 0 fully saturated rings. The number of hydrogen-bond acceptors (Lipinski definition) is 8. The van der Waals surface area contributed by atoms with Crippen molar-refractivity contribution >= 4 is 35.2 Å². The van der Waals surface area contributed by atoms with E-state index in [1.807, 2.05) is 5.32 Å². The standard InChI is InChI=1S/C23H21N3O8/c1-11(20(29)24-22(31)25-23(2,3)4)34-21(30)15-10-9-14-16(17(15)26(32)33)19(28)13-8-6-5-7-12(13)18(14)27/h5-11H,1-4H3,(H2,24,25,29,31). The zero-order valence-electron chi connectivity index (χ0n) is 18.8. The van der Waals surface area contributed by atoms with Gasteiger partial charge in [0, 0.05) is 22.2 Å². The molecule has 0 saturated heterocycles. The van der Waals surface area contributed by atoms with Gasteiger partial charge in [-0.25, -0.2) is 9.59 Å². The number of esters is 1. The highest BCUT2D eigenvalue weighted by atomic mass is 16.6. The molecule has 1 aliphatic rings. The Kier molecular flexibility index (Phi) is 6.31. The molecule has 1 unspecified atom stereocenters. The van der Waals surface area contributed by atoms with Crippen LogP contribution in [0, 0.1) is 10.1 Å². The van der Waals surface area contributed by atoms with Crippen LogP contribution in [-0.4, -0.2) is 46.0 Å². The van der Waals surface area contributed by atoms with Gasteiger partial charge in [-0.05, 0) is 39.8 Å². The molecule has 3 amide bonds. The lowest BCUT2D eigenvalue weighted by molar-refractivity contribution is -0.385. The highest BCUT2D eigenvalue weighted by Crippen LogP contribution is 2.35. The molecule has 176 valence electrons. The first-order valence-electron chi connectivity index (χ1n) is 10.2. The molecule has 0 bridgehead atoms. The van der Waals surface area contributed by atoms with Gasteiger partial charge in [0.15, 0.2) is 11.9 Å². The number of imide groups is 1. The van der Waals surface area contributed by atoms with Crippen molar-refractivity contribution in [1.82, 2.24) is 10.6 Å². The van der Waals surface area contributed by atoms with E-state index in [1.54, 1.807) is 26.8 Å². The SMILES string of the molecule is CC(OC(=O)c1ccc2c(c1[N+](=O)[O-])C(=O)c1ccccc1C2=O)C(=O)NC(=O)NC(C)(C)C. The quantitative estimate of drug-likeness (QED) is 0.336. The van der Waals surface area contributed by atoms with Gasteiger partial charge in [0.05, 0.1) is 4.92 Å². The minimum Gasteiger partial charge on any atom is -0.449 e. The lowest BCUT2D eigenvalue weighted by Crippen LogP contribution is -2.50. The first kappa shape index (κ1) is 24.2. The summed E-state index contributed by atoms with van der Waals surface area (Å²) >= 11 is 0. The molecular weight excluding hydrogens is 446 g/mol. The van der Waals surface area contributed by atoms with Gasteiger partial charge in [-0.2, -0.15) is 0 Å². The molecule has 0 aromatic heterocycles. The Morgan fingerprint density at radius 1 is 0.971 bits per heavy atom. The summed E-state index contributed by atoms with van der Waals surface area (Å²) in [5.74, 6) is -3.61. The molecule has 0 saturated carbocycles. The van der Waals surface area contributed by atoms with E-state index in [-0.39, 0.29) is 16.7 Å². The van der Waals surface area contributed by atoms with Crippen LogP contribution in [0.1, 0.15) is 69.9 Å². The van der Waals surface area contributed by atoms with Gasteiger partial charge in [-0.15, -0.1) is 0 Å². The van der Waals surface area contributed by atoms with Crippen LogP contribution in [-0.2, 0) is 9.53 Å². The molecule has 1 atom stereocenters. The third-order valence-electron chi connectivity index (χ3n) is 4.85. The summed E-state index contributed by atoms with van der Waals surface area (Å²) in [4.78, 5) is 73.5. The molecule has 0 radical (unpaired) electrons. The van der Waals surface area contributed by atoms with Crippen molar-refractivity contribution in [2.45, 2.75) is 39.3 Å². The van der Waals surface area contributed by atoms with E-state index in [4.69, 9.17) is 4.74 Å². The Morgan fingerprint density at radius 3 is 2.12 bits per heavy atom. The molecule has 0 aliphatic heterocycles. The van der Waals surface area contributed by atoms with E-state index < -0.39 is 62.9 Å². The smallest absolute Gasteiger partial charge is 0.345 e. The first-order valence-corrected chi connectivity index (χ1v) is 10.2. The molecule has 11 heteroatoms. The largest absolute Gasteiger partial charge is 0.449 e. The van der Waals surface area contributed by atoms with Crippen molar-refractivity contribution in [3.05, 3.63) is 74.3 Å². The van der Waals surface area contributed by atoms with Gasteiger partial charge < -0.3 is 10.1 Å². The highest BCUT2D eigenvalue weighted by molar-refractivity contribution is 6.30. The predicted octanol–water partition coefficient (Wildman–Crippen LogP) is 2.54. The number of benzene rings is 2. The van der Waals surface area contributed by atoms with E-state index >= 15 is 0 Å². The molecule has 0 spiro atoms. The van der Waals surface area contributed by atoms with Gasteiger partial charge in [-0.3, -0.25) is 29.8 Å². The van der Waals surface area contributed by atoms with Crippen LogP contribution in [0.3, 0.4) is 0 Å². The van der Waals surface area contributed by atoms with E-state index in [9.17, 15) is 34.1 Å². The number of ether oxygens (including phenoxy) is 1. The van der Waals surface area contributed by atoms with Crippen LogP contribution in [0.2, 0.25) is 0 Å². The fourth-order valence-electron chi connectivity index (χ4n) is 3.39. The Balaban J connectivity index is 1.91. The minimum absolute atomic E-state index is 0.0220. The average molecular weight is 467 g/mol. The summed E-state index contributed by atoms with van der Waals surface area (Å²) in [6, 6.07) is 7.18. The van der Waals surface area contributed by atoms with Crippen LogP contribution in [0.5, 0.6) is 0 Å². The summed E-state index contributed by atoms with van der Waals surface area (Å²) in [6.45, 7) is 6.26. The molecule has 2 aromatic carbocycles. The third-order valence-corrected chi connectivity index (χ3v) is 4.85. The Hall–Kier alpha value is -4.41. The second-order valence-electron chi connectivity index (χ2n) is 8.59. The second-order valence-corrected chi connectivity index (χ2v) is 8.59. The number of nitro benzene ring substituents is 1. The molecular formula is C23H21N3O8. The normalized spacial score (nSPS) is 13.3. The number of ketones is 2. The van der Waals surface area contributed by atoms with Crippen LogP contribution in [0.25, 0.3) is 0 Å². The molecule has 3 rings (SSSR count). The average Bonchev–Trinajstić information content (AvgIpc) is 2.74. The Labute approximate surface area is 193 Å². The number of amides is 3. The number of nitrogens with zero attached hydrogens (tertiary/aromatic N) is 1. The third kappa shape index (κ3) is 4.68. The molecule has 1 aliphatic carbocycles. The molecule has 2 N–H and O–H groups in total. The fourth-order valence-corrected chi connectivity index (χ4v) is 3.39. The van der Waals surface area contributed by atoms with Gasteiger partial charge in [0.25, 0.3) is 11.6 Å². The second kappa shape index (κ2) is 8.85. The maximum Gasteiger partial charge on any atom is 0.345 e. The van der Waals surface area contributed by atoms with Crippen molar-refractivity contribution in [2.24, 2.45) is 0 Å². The number of nitro groups is 1. The zero-order valence-corrected chi connectivity index (χ0v) is 18.8. The topological polar surface area (TPSA) is 162 Å². The number of carbonyl (C=O) groups is 5. The maximum absolute atomic E-state index is 13.0. The van der Waals surface area contributed by atoms with Gasteiger partial charge in [0.2, 0.25) is 5.78 Å². The van der Waals surface area contributed by atoms with Crippen molar-refractivity contribution in [3.8, 4) is 0 Å². The summed E-state index contributed by atoms with van der Waals surface area (Å²) in [6.07, 6.45) is -1.49. The number of rotatable bonds is 4. The van der Waals surface area contributed by atoms with E-state index in [0.717, 1.165) is 12.1 Å². The number of nitrogens with one attached hydrogen (secondary N) is 2. The maximum atomic E-state index is 13.0. The summed E-state index contributed by atoms with van der Waals surface area (Å²) in [5.41, 5.74) is -2.79. The highest BCUT2D eigenvalue weighted by Gasteiger charge is 2.39. The predicted molar refractivity (Wildman–Crippen MR) is 118 cm³/mol. The zero-order chi connectivity index (χ0) is 25.4. The molecule has 34 heavy (non-hydrogen) atoms.